The van der Waals surface area contributed by atoms with E-state index in [1.807, 2.05) is 48.5 Å². The van der Waals surface area contributed by atoms with Crippen molar-refractivity contribution in [3.05, 3.63) is 83.9 Å². The lowest BCUT2D eigenvalue weighted by Crippen LogP contribution is -2.00. The molecule has 3 aromatic carbocycles. The molecule has 0 atom stereocenters. The summed E-state index contributed by atoms with van der Waals surface area (Å²) in [7, 11) is 0. The van der Waals surface area contributed by atoms with E-state index in [0.29, 0.717) is 6.61 Å². The Balaban J connectivity index is 1.23. The molecular formula is C25H23N3O3S. The molecule has 6 nitrogen and oxygen atoms in total. The third-order valence-corrected chi connectivity index (χ3v) is 6.24. The first-order valence-corrected chi connectivity index (χ1v) is 11.5. The summed E-state index contributed by atoms with van der Waals surface area (Å²) >= 11 is 1.67. The van der Waals surface area contributed by atoms with Gasteiger partial charge in [-0.1, -0.05) is 54.2 Å². The van der Waals surface area contributed by atoms with Gasteiger partial charge < -0.3 is 18.8 Å². The molecule has 0 unspecified atom stereocenters. The Hall–Kier alpha value is -3.45. The van der Waals surface area contributed by atoms with Crippen LogP contribution in [0.4, 0.5) is 0 Å². The van der Waals surface area contributed by atoms with Crippen LogP contribution in [0.15, 0.2) is 78.0 Å². The van der Waals surface area contributed by atoms with E-state index in [9.17, 15) is 0 Å². The van der Waals surface area contributed by atoms with Crippen molar-refractivity contribution >= 4 is 11.8 Å². The molecule has 0 amide bonds. The third kappa shape index (κ3) is 4.43. The first kappa shape index (κ1) is 20.5. The molecule has 0 spiro atoms. The van der Waals surface area contributed by atoms with E-state index in [1.54, 1.807) is 11.8 Å². The van der Waals surface area contributed by atoms with E-state index in [1.165, 1.54) is 5.56 Å². The van der Waals surface area contributed by atoms with Crippen molar-refractivity contribution in [2.45, 2.75) is 31.0 Å². The van der Waals surface area contributed by atoms with Crippen molar-refractivity contribution in [3.63, 3.8) is 0 Å². The standard InChI is InChI=1S/C25H23N3O3S/c1-2-28-24(20-10-13-22-23(14-20)31-17-30-22)26-27-25(28)32-16-19-8-11-21(12-9-19)29-15-18-6-4-3-5-7-18/h3-14H,2,15-17H2,1H3. The highest BCUT2D eigenvalue weighted by atomic mass is 32.2. The molecule has 0 saturated heterocycles. The number of aromatic nitrogens is 3. The fraction of sp³-hybridized carbons (Fsp3) is 0.200. The molecule has 0 bridgehead atoms. The molecule has 1 aromatic heterocycles. The van der Waals surface area contributed by atoms with Crippen molar-refractivity contribution in [3.8, 4) is 28.6 Å². The van der Waals surface area contributed by atoms with Gasteiger partial charge in [0.05, 0.1) is 0 Å². The van der Waals surface area contributed by atoms with Crippen molar-refractivity contribution in [2.24, 2.45) is 0 Å². The van der Waals surface area contributed by atoms with E-state index in [4.69, 9.17) is 14.2 Å². The van der Waals surface area contributed by atoms with Crippen LogP contribution in [0.2, 0.25) is 0 Å². The van der Waals surface area contributed by atoms with Crippen LogP contribution in [0.3, 0.4) is 0 Å². The maximum absolute atomic E-state index is 5.88. The average Bonchev–Trinajstić information content (AvgIpc) is 3.48. The van der Waals surface area contributed by atoms with Crippen LogP contribution in [0.5, 0.6) is 17.2 Å². The second kappa shape index (κ2) is 9.36. The van der Waals surface area contributed by atoms with Crippen LogP contribution in [-0.4, -0.2) is 21.6 Å². The Labute approximate surface area is 191 Å². The second-order valence-corrected chi connectivity index (χ2v) is 8.27. The normalized spacial score (nSPS) is 12.2. The minimum absolute atomic E-state index is 0.260. The summed E-state index contributed by atoms with van der Waals surface area (Å²) in [4.78, 5) is 0. The lowest BCUT2D eigenvalue weighted by Gasteiger charge is -2.09. The molecule has 1 aliphatic rings. The van der Waals surface area contributed by atoms with E-state index in [-0.39, 0.29) is 6.79 Å². The van der Waals surface area contributed by atoms with Gasteiger partial charge in [-0.2, -0.15) is 0 Å². The Kier molecular flexibility index (Phi) is 5.98. The van der Waals surface area contributed by atoms with Gasteiger partial charge in [0, 0.05) is 17.9 Å². The highest BCUT2D eigenvalue weighted by Gasteiger charge is 2.18. The van der Waals surface area contributed by atoms with Gasteiger partial charge in [0.2, 0.25) is 6.79 Å². The fourth-order valence-corrected chi connectivity index (χ4v) is 4.46. The topological polar surface area (TPSA) is 58.4 Å². The number of benzene rings is 3. The van der Waals surface area contributed by atoms with Gasteiger partial charge in [-0.15, -0.1) is 10.2 Å². The Morgan fingerprint density at radius 2 is 1.72 bits per heavy atom. The van der Waals surface area contributed by atoms with Gasteiger partial charge in [0.25, 0.3) is 0 Å². The van der Waals surface area contributed by atoms with Gasteiger partial charge in [-0.3, -0.25) is 0 Å². The zero-order valence-corrected chi connectivity index (χ0v) is 18.5. The molecule has 0 fully saturated rings. The molecule has 1 aliphatic heterocycles. The quantitative estimate of drug-likeness (QED) is 0.331. The highest BCUT2D eigenvalue weighted by molar-refractivity contribution is 7.98. The fourth-order valence-electron chi connectivity index (χ4n) is 3.50. The third-order valence-electron chi connectivity index (χ3n) is 5.20. The highest BCUT2D eigenvalue weighted by Crippen LogP contribution is 2.36. The summed E-state index contributed by atoms with van der Waals surface area (Å²) in [6.07, 6.45) is 0. The number of thioether (sulfide) groups is 1. The molecule has 4 aromatic rings. The summed E-state index contributed by atoms with van der Waals surface area (Å²) in [5.74, 6) is 4.01. The summed E-state index contributed by atoms with van der Waals surface area (Å²) in [5, 5.41) is 9.76. The van der Waals surface area contributed by atoms with Gasteiger partial charge in [0.15, 0.2) is 22.5 Å². The molecule has 0 aliphatic carbocycles. The lowest BCUT2D eigenvalue weighted by atomic mass is 10.2. The van der Waals surface area contributed by atoms with Crippen LogP contribution in [0.1, 0.15) is 18.1 Å². The van der Waals surface area contributed by atoms with E-state index < -0.39 is 0 Å². The monoisotopic (exact) mass is 445 g/mol. The van der Waals surface area contributed by atoms with Gasteiger partial charge in [-0.05, 0) is 48.4 Å². The maximum atomic E-state index is 5.88. The minimum Gasteiger partial charge on any atom is -0.489 e. The number of rotatable bonds is 8. The zero-order chi connectivity index (χ0) is 21.8. The molecule has 5 rings (SSSR count). The zero-order valence-electron chi connectivity index (χ0n) is 17.7. The number of hydrogen-bond donors (Lipinski definition) is 0. The maximum Gasteiger partial charge on any atom is 0.231 e. The van der Waals surface area contributed by atoms with Gasteiger partial charge in [-0.25, -0.2) is 0 Å². The molecule has 7 heteroatoms. The van der Waals surface area contributed by atoms with Crippen LogP contribution in [-0.2, 0) is 18.9 Å². The Morgan fingerprint density at radius 3 is 2.53 bits per heavy atom. The van der Waals surface area contributed by atoms with Crippen LogP contribution >= 0.6 is 11.8 Å². The predicted molar refractivity (Wildman–Crippen MR) is 124 cm³/mol. The average molecular weight is 446 g/mol. The first-order chi connectivity index (χ1) is 15.8. The molecule has 162 valence electrons. The SMILES string of the molecule is CCn1c(SCc2ccc(OCc3ccccc3)cc2)nnc1-c1ccc2c(c1)OCO2. The van der Waals surface area contributed by atoms with Gasteiger partial charge >= 0.3 is 0 Å². The number of fused-ring (bicyclic) bond motifs is 1. The number of ether oxygens (including phenoxy) is 3. The summed E-state index contributed by atoms with van der Waals surface area (Å²) in [6, 6.07) is 24.3. The van der Waals surface area contributed by atoms with Crippen molar-refractivity contribution < 1.29 is 14.2 Å². The molecule has 2 heterocycles. The first-order valence-electron chi connectivity index (χ1n) is 10.5. The number of nitrogens with zero attached hydrogens (tertiary/aromatic N) is 3. The van der Waals surface area contributed by atoms with Crippen molar-refractivity contribution in [1.82, 2.24) is 14.8 Å². The molecule has 0 N–H and O–H groups in total. The molecule has 32 heavy (non-hydrogen) atoms. The largest absolute Gasteiger partial charge is 0.489 e. The van der Waals surface area contributed by atoms with Crippen LogP contribution < -0.4 is 14.2 Å². The van der Waals surface area contributed by atoms with Gasteiger partial charge in [0.1, 0.15) is 12.4 Å². The van der Waals surface area contributed by atoms with E-state index in [2.05, 4.69) is 46.0 Å². The Morgan fingerprint density at radius 1 is 0.906 bits per heavy atom. The van der Waals surface area contributed by atoms with Crippen LogP contribution in [0.25, 0.3) is 11.4 Å². The summed E-state index contributed by atoms with van der Waals surface area (Å²) in [6.45, 7) is 3.71. The summed E-state index contributed by atoms with van der Waals surface area (Å²) in [5.41, 5.74) is 3.33. The minimum atomic E-state index is 0.260. The van der Waals surface area contributed by atoms with Crippen LogP contribution in [0, 0.1) is 0 Å². The summed E-state index contributed by atoms with van der Waals surface area (Å²) < 4.78 is 18.9. The number of hydrogen-bond acceptors (Lipinski definition) is 6. The molecule has 0 saturated carbocycles. The molecule has 0 radical (unpaired) electrons. The van der Waals surface area contributed by atoms with E-state index >= 15 is 0 Å². The Bertz CT molecular complexity index is 1190. The molecular weight excluding hydrogens is 422 g/mol. The lowest BCUT2D eigenvalue weighted by molar-refractivity contribution is 0.174. The van der Waals surface area contributed by atoms with E-state index in [0.717, 1.165) is 51.7 Å². The van der Waals surface area contributed by atoms with Crippen molar-refractivity contribution in [1.29, 1.82) is 0 Å². The smallest absolute Gasteiger partial charge is 0.231 e. The van der Waals surface area contributed by atoms with Crippen molar-refractivity contribution in [2.75, 3.05) is 6.79 Å². The predicted octanol–water partition coefficient (Wildman–Crippen LogP) is 5.57. The second-order valence-electron chi connectivity index (χ2n) is 7.33.